The largest absolute Gasteiger partial charge is 0.369 e. The zero-order chi connectivity index (χ0) is 24.4. The molecule has 4 aromatic rings. The van der Waals surface area contributed by atoms with Gasteiger partial charge >= 0.3 is 0 Å². The lowest BCUT2D eigenvalue weighted by molar-refractivity contribution is 0.0964. The fourth-order valence-electron chi connectivity index (χ4n) is 4.46. The second kappa shape index (κ2) is 10.3. The van der Waals surface area contributed by atoms with Crippen molar-refractivity contribution in [1.82, 2.24) is 20.3 Å². The number of fused-ring (bicyclic) bond motifs is 1. The topological polar surface area (TPSA) is 104 Å². The van der Waals surface area contributed by atoms with Gasteiger partial charge in [-0.1, -0.05) is 49.4 Å². The number of amides is 1. The molecule has 1 atom stereocenters. The molecule has 2 N–H and O–H groups in total. The van der Waals surface area contributed by atoms with E-state index in [1.54, 1.807) is 25.6 Å². The Morgan fingerprint density at radius 3 is 2.58 bits per heavy atom. The van der Waals surface area contributed by atoms with Crippen molar-refractivity contribution in [2.45, 2.75) is 31.1 Å². The first-order chi connectivity index (χ1) is 17.0. The van der Waals surface area contributed by atoms with Crippen molar-refractivity contribution in [3.63, 3.8) is 0 Å². The molecule has 5 rings (SSSR count). The number of nitrogens with zero attached hydrogens (tertiary/aromatic N) is 4. The van der Waals surface area contributed by atoms with Crippen LogP contribution in [0.1, 0.15) is 47.2 Å². The van der Waals surface area contributed by atoms with Crippen LogP contribution in [0.5, 0.6) is 0 Å². The lowest BCUT2D eigenvalue weighted by Gasteiger charge is -2.16. The molecule has 2 aromatic carbocycles. The third kappa shape index (κ3) is 4.75. The Bertz CT molecular complexity index is 1440. The number of benzene rings is 2. The third-order valence-electron chi connectivity index (χ3n) is 6.76. The summed E-state index contributed by atoms with van der Waals surface area (Å²) < 4.78 is 0. The zero-order valence-corrected chi connectivity index (χ0v) is 21.2. The van der Waals surface area contributed by atoms with Crippen molar-refractivity contribution < 1.29 is 4.79 Å². The van der Waals surface area contributed by atoms with Gasteiger partial charge in [0.25, 0.3) is 5.91 Å². The van der Waals surface area contributed by atoms with Crippen LogP contribution >= 0.6 is 13.5 Å². The van der Waals surface area contributed by atoms with Crippen LogP contribution in [0.15, 0.2) is 67.1 Å². The number of hydrogen-bond acceptors (Lipinski definition) is 6. The Kier molecular flexibility index (Phi) is 7.22. The summed E-state index contributed by atoms with van der Waals surface area (Å²) in [5, 5.41) is 16.4. The predicted octanol–water partition coefficient (Wildman–Crippen LogP) is 4.93. The van der Waals surface area contributed by atoms with E-state index in [1.807, 2.05) is 42.5 Å². The maximum Gasteiger partial charge on any atom is 0.251 e. The highest BCUT2D eigenvalue weighted by Gasteiger charge is 2.44. The average molecular weight is 497 g/mol. The van der Waals surface area contributed by atoms with Crippen molar-refractivity contribution in [2.75, 3.05) is 18.9 Å². The Morgan fingerprint density at radius 2 is 1.89 bits per heavy atom. The number of hydrogen-bond donors (Lipinski definition) is 2. The van der Waals surface area contributed by atoms with Crippen LogP contribution in [0.2, 0.25) is 0 Å². The van der Waals surface area contributed by atoms with Crippen molar-refractivity contribution >= 4 is 36.1 Å². The molecule has 2 heterocycles. The molecule has 1 saturated carbocycles. The molecule has 0 spiro atoms. The number of aromatic nitrogens is 3. The summed E-state index contributed by atoms with van der Waals surface area (Å²) in [6.45, 7) is 2.77. The van der Waals surface area contributed by atoms with Crippen molar-refractivity contribution in [1.29, 1.82) is 5.26 Å². The van der Waals surface area contributed by atoms with Crippen LogP contribution in [0.25, 0.3) is 22.2 Å². The summed E-state index contributed by atoms with van der Waals surface area (Å²) in [6, 6.07) is 20.2. The number of nitrogens with one attached hydrogen (secondary N) is 2. The van der Waals surface area contributed by atoms with E-state index in [0.717, 1.165) is 51.9 Å². The van der Waals surface area contributed by atoms with E-state index in [4.69, 9.17) is 0 Å². The van der Waals surface area contributed by atoms with E-state index in [2.05, 4.69) is 44.6 Å². The Labute approximate surface area is 217 Å². The first-order valence-corrected chi connectivity index (χ1v) is 11.7. The number of carbonyl (C=O) groups is 1. The Hall–Kier alpha value is -3.96. The minimum absolute atomic E-state index is 0. The molecule has 1 amide bonds. The fraction of sp³-hybridized carbons (Fsp3) is 0.250. The summed E-state index contributed by atoms with van der Waals surface area (Å²) >= 11 is 0. The van der Waals surface area contributed by atoms with E-state index in [1.165, 1.54) is 0 Å². The second-order valence-electron chi connectivity index (χ2n) is 9.02. The van der Waals surface area contributed by atoms with Gasteiger partial charge in [-0.15, -0.1) is 0 Å². The van der Waals surface area contributed by atoms with E-state index in [9.17, 15) is 10.1 Å². The molecule has 0 unspecified atom stereocenters. The monoisotopic (exact) mass is 496 g/mol. The third-order valence-corrected chi connectivity index (χ3v) is 6.76. The van der Waals surface area contributed by atoms with Gasteiger partial charge < -0.3 is 10.6 Å². The molecule has 0 bridgehead atoms. The highest BCUT2D eigenvalue weighted by atomic mass is 32.1. The molecular formula is C28H28N6OS. The predicted molar refractivity (Wildman–Crippen MR) is 146 cm³/mol. The van der Waals surface area contributed by atoms with Crippen LogP contribution in [-0.4, -0.2) is 34.5 Å². The second-order valence-corrected chi connectivity index (χ2v) is 9.02. The summed E-state index contributed by atoms with van der Waals surface area (Å²) in [4.78, 5) is 25.7. The van der Waals surface area contributed by atoms with Gasteiger partial charge in [-0.2, -0.15) is 18.8 Å². The minimum atomic E-state index is -0.287. The molecule has 1 fully saturated rings. The van der Waals surface area contributed by atoms with E-state index in [0.29, 0.717) is 12.1 Å². The van der Waals surface area contributed by atoms with Gasteiger partial charge in [0.2, 0.25) is 0 Å². The maximum atomic E-state index is 12.3. The highest BCUT2D eigenvalue weighted by molar-refractivity contribution is 7.59. The fourth-order valence-corrected chi connectivity index (χ4v) is 4.46. The van der Waals surface area contributed by atoms with E-state index < -0.39 is 0 Å². The first kappa shape index (κ1) is 25.1. The number of rotatable bonds is 7. The quantitative estimate of drug-likeness (QED) is 0.376. The molecule has 1 aliphatic rings. The van der Waals surface area contributed by atoms with Gasteiger partial charge in [0.1, 0.15) is 12.1 Å². The molecular weight excluding hydrogens is 468 g/mol. The number of anilines is 1. The SMILES string of the molecule is CNC(=O)c1ccnc2c([C@H](C)CNc3cc(-c4ccc(C5(C#N)CC5)cc4)ncn3)cccc12.S. The summed E-state index contributed by atoms with van der Waals surface area (Å²) in [5.41, 5.74) is 5.12. The maximum absolute atomic E-state index is 12.3. The van der Waals surface area contributed by atoms with Crippen molar-refractivity contribution in [3.8, 4) is 17.3 Å². The Balaban J connectivity index is 0.00000304. The molecule has 0 saturated heterocycles. The minimum Gasteiger partial charge on any atom is -0.369 e. The van der Waals surface area contributed by atoms with Crippen molar-refractivity contribution in [3.05, 3.63) is 83.8 Å². The standard InChI is InChI=1S/C28H26N6O.H2S/c1-18(21-4-3-5-22-23(27(35)30-2)10-13-31-26(21)22)15-32-25-14-24(33-17-34-25)19-6-8-20(9-7-19)28(16-29)11-12-28;/h3-10,13-14,17-18H,11-12,15H2,1-2H3,(H,30,35)(H,32,33,34);1H2/t18-;/m1./s1. The van der Waals surface area contributed by atoms with Gasteiger partial charge in [0.15, 0.2) is 0 Å². The first-order valence-electron chi connectivity index (χ1n) is 11.7. The summed E-state index contributed by atoms with van der Waals surface area (Å²) in [7, 11) is 1.63. The molecule has 8 heteroatoms. The molecule has 0 radical (unpaired) electrons. The normalized spacial score (nSPS) is 14.2. The number of pyridine rings is 1. The number of nitriles is 1. The number of para-hydroxylation sites is 1. The van der Waals surface area contributed by atoms with Crippen LogP contribution < -0.4 is 10.6 Å². The van der Waals surface area contributed by atoms with Crippen LogP contribution in [0.3, 0.4) is 0 Å². The van der Waals surface area contributed by atoms with Gasteiger partial charge in [-0.05, 0) is 30.0 Å². The van der Waals surface area contributed by atoms with Gasteiger partial charge in [0.05, 0.1) is 28.3 Å². The molecule has 182 valence electrons. The molecule has 36 heavy (non-hydrogen) atoms. The summed E-state index contributed by atoms with van der Waals surface area (Å²) in [6.07, 6.45) is 5.10. The van der Waals surface area contributed by atoms with Crippen LogP contribution in [0, 0.1) is 11.3 Å². The van der Waals surface area contributed by atoms with Gasteiger partial charge in [-0.25, -0.2) is 9.97 Å². The lowest BCUT2D eigenvalue weighted by Crippen LogP contribution is -2.18. The van der Waals surface area contributed by atoms with Gasteiger partial charge in [-0.3, -0.25) is 9.78 Å². The average Bonchev–Trinajstić information content (AvgIpc) is 3.72. The van der Waals surface area contributed by atoms with Gasteiger partial charge in [0, 0.05) is 42.7 Å². The van der Waals surface area contributed by atoms with Crippen molar-refractivity contribution in [2.24, 2.45) is 0 Å². The summed E-state index contributed by atoms with van der Waals surface area (Å²) in [5.74, 6) is 0.743. The molecule has 1 aliphatic carbocycles. The van der Waals surface area contributed by atoms with E-state index in [-0.39, 0.29) is 30.7 Å². The highest BCUT2D eigenvalue weighted by Crippen LogP contribution is 2.47. The Morgan fingerprint density at radius 1 is 1.11 bits per heavy atom. The smallest absolute Gasteiger partial charge is 0.251 e. The number of carbonyl (C=O) groups excluding carboxylic acids is 1. The van der Waals surface area contributed by atoms with Crippen LogP contribution in [-0.2, 0) is 5.41 Å². The van der Waals surface area contributed by atoms with Crippen LogP contribution in [0.4, 0.5) is 5.82 Å². The zero-order valence-electron chi connectivity index (χ0n) is 20.2. The van der Waals surface area contributed by atoms with E-state index >= 15 is 0 Å². The molecule has 0 aliphatic heterocycles. The lowest BCUT2D eigenvalue weighted by atomic mass is 9.96. The molecule has 2 aromatic heterocycles. The molecule has 7 nitrogen and oxygen atoms in total.